The molecule has 0 fully saturated rings. The fourth-order valence-electron chi connectivity index (χ4n) is 1.44. The van der Waals surface area contributed by atoms with Crippen LogP contribution in [0.15, 0.2) is 12.1 Å². The summed E-state index contributed by atoms with van der Waals surface area (Å²) in [5.41, 5.74) is 6.38. The maximum Gasteiger partial charge on any atom is 0.427 e. The number of aliphatic hydroxyl groups is 1. The van der Waals surface area contributed by atoms with E-state index in [2.05, 4.69) is 4.98 Å². The summed E-state index contributed by atoms with van der Waals surface area (Å²) >= 11 is 1.06. The summed E-state index contributed by atoms with van der Waals surface area (Å²) in [5.74, 6) is 0.0366. The second kappa shape index (κ2) is 3.65. The van der Waals surface area contributed by atoms with E-state index in [1.54, 1.807) is 6.07 Å². The number of hydrogen-bond donors (Lipinski definition) is 4. The van der Waals surface area contributed by atoms with Gasteiger partial charge in [-0.15, -0.1) is 0 Å². The topological polar surface area (TPSA) is 101 Å². The number of rotatable bonds is 2. The fraction of sp³-hybridized carbons (Fsp3) is 0.222. The van der Waals surface area contributed by atoms with Crippen molar-refractivity contribution in [3.63, 3.8) is 0 Å². The third-order valence-electron chi connectivity index (χ3n) is 2.18. The van der Waals surface area contributed by atoms with Crippen LogP contribution in [0.4, 0.5) is 0 Å². The molecule has 0 spiro atoms. The van der Waals surface area contributed by atoms with Crippen LogP contribution in [-0.2, 0) is 0 Å². The van der Waals surface area contributed by atoms with Gasteiger partial charge in [0.2, 0.25) is 0 Å². The summed E-state index contributed by atoms with van der Waals surface area (Å²) in [4.78, 5) is 2.62. The normalized spacial score (nSPS) is 13.2. The molecular weight excluding hydrogens is 216 g/mol. The number of nitrogens with one attached hydrogen (secondary N) is 1. The quantitative estimate of drug-likeness (QED) is 0.585. The van der Waals surface area contributed by atoms with Crippen molar-refractivity contribution in [1.29, 1.82) is 0 Å². The molecule has 2 aromatic rings. The Hall–Kier alpha value is -1.37. The lowest BCUT2D eigenvalue weighted by atomic mass is 10.1. The number of thiazole rings is 1. The second-order valence-electron chi connectivity index (χ2n) is 3.16. The monoisotopic (exact) mass is 227 g/mol. The minimum atomic E-state index is -0.792. The van der Waals surface area contributed by atoms with Crippen molar-refractivity contribution in [3.8, 4) is 10.9 Å². The van der Waals surface area contributed by atoms with Gasteiger partial charge in [-0.25, -0.2) is 0 Å². The van der Waals surface area contributed by atoms with Crippen LogP contribution in [0.5, 0.6) is 10.9 Å². The van der Waals surface area contributed by atoms with Crippen molar-refractivity contribution in [2.24, 2.45) is 5.73 Å². The molecule has 0 amide bonds. The Bertz CT molecular complexity index is 497. The van der Waals surface area contributed by atoms with E-state index >= 15 is 0 Å². The second-order valence-corrected chi connectivity index (χ2v) is 4.16. The van der Waals surface area contributed by atoms with Crippen LogP contribution in [0.25, 0.3) is 10.2 Å². The smallest absolute Gasteiger partial charge is 0.427 e. The van der Waals surface area contributed by atoms with E-state index in [-0.39, 0.29) is 17.5 Å². The van der Waals surface area contributed by atoms with E-state index in [1.165, 1.54) is 6.07 Å². The molecule has 0 aliphatic rings. The van der Waals surface area contributed by atoms with E-state index < -0.39 is 6.10 Å². The number of aromatic nitrogens is 1. The molecule has 1 unspecified atom stereocenters. The molecule has 1 aromatic heterocycles. The minimum absolute atomic E-state index is 0.0167. The predicted molar refractivity (Wildman–Crippen MR) is 55.7 cm³/mol. The zero-order valence-electron chi connectivity index (χ0n) is 7.77. The average Bonchev–Trinajstić information content (AvgIpc) is 2.60. The van der Waals surface area contributed by atoms with Crippen LogP contribution in [0.2, 0.25) is 0 Å². The fourth-order valence-corrected chi connectivity index (χ4v) is 2.36. The molecule has 0 bridgehead atoms. The molecule has 1 aromatic carbocycles. The third-order valence-corrected chi connectivity index (χ3v) is 3.12. The maximum absolute atomic E-state index is 9.63. The van der Waals surface area contributed by atoms with Gasteiger partial charge in [0.1, 0.15) is 4.70 Å². The van der Waals surface area contributed by atoms with Crippen molar-refractivity contribution in [2.75, 3.05) is 6.54 Å². The van der Waals surface area contributed by atoms with Crippen LogP contribution in [0, 0.1) is 0 Å². The lowest BCUT2D eigenvalue weighted by molar-refractivity contribution is -0.356. The Kier molecular flexibility index (Phi) is 2.47. The van der Waals surface area contributed by atoms with Gasteiger partial charge >= 0.3 is 5.19 Å². The number of phenols is 1. The first kappa shape index (κ1) is 10.2. The maximum atomic E-state index is 9.63. The molecular formula is C9H11N2O3S+. The van der Waals surface area contributed by atoms with Gasteiger partial charge in [-0.1, -0.05) is 6.07 Å². The van der Waals surface area contributed by atoms with Gasteiger partial charge < -0.3 is 21.1 Å². The van der Waals surface area contributed by atoms with Gasteiger partial charge in [-0.3, -0.25) is 0 Å². The Morgan fingerprint density at radius 2 is 2.13 bits per heavy atom. The van der Waals surface area contributed by atoms with Crippen molar-refractivity contribution >= 4 is 21.6 Å². The SMILES string of the molecule is NCC(O)c1ccc(O)c2[nH+]c(O)sc12. The van der Waals surface area contributed by atoms with Gasteiger partial charge in [-0.05, 0) is 17.4 Å². The van der Waals surface area contributed by atoms with Crippen molar-refractivity contribution in [1.82, 2.24) is 0 Å². The van der Waals surface area contributed by atoms with E-state index in [0.29, 0.717) is 15.8 Å². The first-order chi connectivity index (χ1) is 7.13. The van der Waals surface area contributed by atoms with Crippen molar-refractivity contribution < 1.29 is 20.3 Å². The molecule has 6 N–H and O–H groups in total. The van der Waals surface area contributed by atoms with Gasteiger partial charge in [0.25, 0.3) is 5.52 Å². The van der Waals surface area contributed by atoms with Crippen LogP contribution in [0.3, 0.4) is 0 Å². The van der Waals surface area contributed by atoms with Crippen molar-refractivity contribution in [3.05, 3.63) is 17.7 Å². The summed E-state index contributed by atoms with van der Waals surface area (Å²) in [6, 6.07) is 3.05. The number of aromatic hydroxyl groups is 2. The summed E-state index contributed by atoms with van der Waals surface area (Å²) in [7, 11) is 0. The highest BCUT2D eigenvalue weighted by molar-refractivity contribution is 7.19. The largest absolute Gasteiger partial charge is 0.502 e. The Balaban J connectivity index is 2.71. The molecule has 0 radical (unpaired) electrons. The molecule has 0 saturated heterocycles. The molecule has 5 nitrogen and oxygen atoms in total. The minimum Gasteiger partial charge on any atom is -0.502 e. The molecule has 80 valence electrons. The van der Waals surface area contributed by atoms with Gasteiger partial charge in [0.05, 0.1) is 6.10 Å². The summed E-state index contributed by atoms with van der Waals surface area (Å²) in [6.07, 6.45) is -0.792. The van der Waals surface area contributed by atoms with Gasteiger partial charge in [0, 0.05) is 12.1 Å². The molecule has 15 heavy (non-hydrogen) atoms. The zero-order chi connectivity index (χ0) is 11.0. The molecule has 2 rings (SSSR count). The van der Waals surface area contributed by atoms with Crippen LogP contribution in [0.1, 0.15) is 11.7 Å². The number of nitrogens with two attached hydrogens (primary N) is 1. The number of fused-ring (bicyclic) bond motifs is 1. The van der Waals surface area contributed by atoms with Crippen LogP contribution in [-0.4, -0.2) is 21.9 Å². The molecule has 6 heteroatoms. The predicted octanol–water partition coefficient (Wildman–Crippen LogP) is 0.119. The number of aromatic amines is 1. The lowest BCUT2D eigenvalue weighted by Crippen LogP contribution is -2.11. The van der Waals surface area contributed by atoms with E-state index in [4.69, 9.17) is 5.73 Å². The molecule has 0 aliphatic carbocycles. The van der Waals surface area contributed by atoms with Gasteiger partial charge in [-0.2, -0.15) is 4.98 Å². The number of aliphatic hydroxyl groups excluding tert-OH is 1. The highest BCUT2D eigenvalue weighted by atomic mass is 32.1. The van der Waals surface area contributed by atoms with E-state index in [9.17, 15) is 15.3 Å². The standard InChI is InChI=1S/C9H10N2O3S/c10-3-6(13)4-1-2-5(12)7-8(4)15-9(14)11-7/h1-2,6,12-13H,3,10H2,(H,11,14)/p+1. The van der Waals surface area contributed by atoms with Crippen molar-refractivity contribution in [2.45, 2.75) is 6.10 Å². The molecule has 1 atom stereocenters. The number of H-pyrrole nitrogens is 1. The Labute approximate surface area is 89.4 Å². The van der Waals surface area contributed by atoms with Crippen LogP contribution >= 0.6 is 11.3 Å². The summed E-state index contributed by atoms with van der Waals surface area (Å²) in [5, 5.41) is 28.4. The van der Waals surface area contributed by atoms with Gasteiger partial charge in [0.15, 0.2) is 5.75 Å². The summed E-state index contributed by atoms with van der Waals surface area (Å²) < 4.78 is 0.616. The Morgan fingerprint density at radius 1 is 1.40 bits per heavy atom. The van der Waals surface area contributed by atoms with E-state index in [1.807, 2.05) is 0 Å². The first-order valence-corrected chi connectivity index (χ1v) is 5.20. The molecule has 0 aliphatic heterocycles. The Morgan fingerprint density at radius 3 is 2.80 bits per heavy atom. The molecule has 1 heterocycles. The number of phenolic OH excluding ortho intramolecular Hbond substituents is 1. The number of benzene rings is 1. The molecule has 0 saturated carbocycles. The third kappa shape index (κ3) is 1.63. The van der Waals surface area contributed by atoms with Crippen LogP contribution < -0.4 is 10.7 Å². The van der Waals surface area contributed by atoms with E-state index in [0.717, 1.165) is 11.3 Å². The highest BCUT2D eigenvalue weighted by Gasteiger charge is 2.20. The zero-order valence-corrected chi connectivity index (χ0v) is 8.58. The summed E-state index contributed by atoms with van der Waals surface area (Å²) in [6.45, 7) is 0.0958. The first-order valence-electron chi connectivity index (χ1n) is 4.38. The number of hydrogen-bond acceptors (Lipinski definition) is 5. The average molecular weight is 227 g/mol. The highest BCUT2D eigenvalue weighted by Crippen LogP contribution is 2.34. The lowest BCUT2D eigenvalue weighted by Gasteiger charge is -2.07.